The van der Waals surface area contributed by atoms with Crippen molar-refractivity contribution in [2.75, 3.05) is 5.32 Å². The summed E-state index contributed by atoms with van der Waals surface area (Å²) in [5.74, 6) is 0.556. The number of carbonyl (C=O) groups excluding carboxylic acids is 1. The number of aryl methyl sites for hydroxylation is 1. The molecule has 1 saturated carbocycles. The molecule has 2 aromatic rings. The lowest BCUT2D eigenvalue weighted by Crippen LogP contribution is -2.32. The first-order valence-electron chi connectivity index (χ1n) is 8.41. The van der Waals surface area contributed by atoms with Gasteiger partial charge in [-0.2, -0.15) is 0 Å². The molecule has 1 atom stereocenters. The minimum Gasteiger partial charge on any atom is -0.469 e. The SMILES string of the molecule is C[C@H](CCc1ccco1)NC(=O)c1ccc(NC2CC2)c([N+](=O)[O-])c1. The molecule has 1 aromatic carbocycles. The smallest absolute Gasteiger partial charge is 0.293 e. The van der Waals surface area contributed by atoms with E-state index in [1.54, 1.807) is 18.4 Å². The van der Waals surface area contributed by atoms with Gasteiger partial charge in [-0.25, -0.2) is 0 Å². The Hall–Kier alpha value is -2.83. The number of rotatable bonds is 8. The molecule has 7 nitrogen and oxygen atoms in total. The molecule has 0 radical (unpaired) electrons. The summed E-state index contributed by atoms with van der Waals surface area (Å²) < 4.78 is 5.27. The fraction of sp³-hybridized carbons (Fsp3) is 0.389. The van der Waals surface area contributed by atoms with Crippen molar-refractivity contribution in [1.29, 1.82) is 0 Å². The summed E-state index contributed by atoms with van der Waals surface area (Å²) in [4.78, 5) is 23.2. The molecule has 0 saturated heterocycles. The predicted molar refractivity (Wildman–Crippen MR) is 93.7 cm³/mol. The molecule has 132 valence electrons. The molecule has 1 heterocycles. The van der Waals surface area contributed by atoms with Crippen LogP contribution < -0.4 is 10.6 Å². The van der Waals surface area contributed by atoms with Crippen LogP contribution in [0.15, 0.2) is 41.0 Å². The highest BCUT2D eigenvalue weighted by molar-refractivity contribution is 5.95. The number of hydrogen-bond donors (Lipinski definition) is 2. The second kappa shape index (κ2) is 7.38. The zero-order chi connectivity index (χ0) is 17.8. The van der Waals surface area contributed by atoms with E-state index >= 15 is 0 Å². The Balaban J connectivity index is 1.62. The minimum absolute atomic E-state index is 0.0669. The first kappa shape index (κ1) is 17.0. The molecule has 7 heteroatoms. The molecule has 1 aliphatic carbocycles. The van der Waals surface area contributed by atoms with E-state index in [0.29, 0.717) is 11.7 Å². The number of amides is 1. The number of anilines is 1. The fourth-order valence-corrected chi connectivity index (χ4v) is 2.59. The van der Waals surface area contributed by atoms with Gasteiger partial charge in [-0.05, 0) is 50.5 Å². The maximum absolute atomic E-state index is 12.4. The molecular formula is C18H21N3O4. The van der Waals surface area contributed by atoms with Crippen LogP contribution >= 0.6 is 0 Å². The Bertz CT molecular complexity index is 754. The zero-order valence-electron chi connectivity index (χ0n) is 14.0. The molecule has 2 N–H and O–H groups in total. The van der Waals surface area contributed by atoms with E-state index in [1.165, 1.54) is 6.07 Å². The highest BCUT2D eigenvalue weighted by atomic mass is 16.6. The van der Waals surface area contributed by atoms with Crippen LogP contribution in [0.3, 0.4) is 0 Å². The van der Waals surface area contributed by atoms with Gasteiger partial charge < -0.3 is 15.1 Å². The third kappa shape index (κ3) is 4.59. The van der Waals surface area contributed by atoms with E-state index in [-0.39, 0.29) is 23.2 Å². The zero-order valence-corrected chi connectivity index (χ0v) is 14.0. The number of hydrogen-bond acceptors (Lipinski definition) is 5. The lowest BCUT2D eigenvalue weighted by atomic mass is 10.1. The molecule has 0 unspecified atom stereocenters. The second-order valence-electron chi connectivity index (χ2n) is 6.40. The number of nitrogens with zero attached hydrogens (tertiary/aromatic N) is 1. The Morgan fingerprint density at radius 2 is 2.20 bits per heavy atom. The van der Waals surface area contributed by atoms with Crippen molar-refractivity contribution in [2.45, 2.75) is 44.7 Å². The number of furan rings is 1. The van der Waals surface area contributed by atoms with Crippen molar-refractivity contribution in [2.24, 2.45) is 0 Å². The Kier molecular flexibility index (Phi) is 5.02. The van der Waals surface area contributed by atoms with E-state index in [4.69, 9.17) is 4.42 Å². The summed E-state index contributed by atoms with van der Waals surface area (Å²) >= 11 is 0. The van der Waals surface area contributed by atoms with Crippen molar-refractivity contribution in [3.8, 4) is 0 Å². The van der Waals surface area contributed by atoms with Crippen LogP contribution in [0.25, 0.3) is 0 Å². The minimum atomic E-state index is -0.457. The normalized spacial score (nSPS) is 14.8. The van der Waals surface area contributed by atoms with Gasteiger partial charge in [0.05, 0.1) is 11.2 Å². The van der Waals surface area contributed by atoms with Gasteiger partial charge in [0.15, 0.2) is 0 Å². The predicted octanol–water partition coefficient (Wildman–Crippen LogP) is 3.51. The number of nitro benzene ring substituents is 1. The third-order valence-electron chi connectivity index (χ3n) is 4.17. The summed E-state index contributed by atoms with van der Waals surface area (Å²) in [6.45, 7) is 1.90. The van der Waals surface area contributed by atoms with Gasteiger partial charge in [0, 0.05) is 30.1 Å². The van der Waals surface area contributed by atoms with Crippen LogP contribution in [0, 0.1) is 10.1 Å². The van der Waals surface area contributed by atoms with Gasteiger partial charge in [0.2, 0.25) is 0 Å². The number of benzene rings is 1. The van der Waals surface area contributed by atoms with Gasteiger partial charge in [0.25, 0.3) is 11.6 Å². The summed E-state index contributed by atoms with van der Waals surface area (Å²) in [6.07, 6.45) is 5.11. The van der Waals surface area contributed by atoms with Crippen LogP contribution in [-0.4, -0.2) is 22.9 Å². The van der Waals surface area contributed by atoms with Crippen LogP contribution in [0.1, 0.15) is 42.3 Å². The quantitative estimate of drug-likeness (QED) is 0.564. The molecule has 1 aromatic heterocycles. The highest BCUT2D eigenvalue weighted by Crippen LogP contribution is 2.31. The molecule has 1 fully saturated rings. The molecule has 25 heavy (non-hydrogen) atoms. The van der Waals surface area contributed by atoms with Crippen molar-refractivity contribution >= 4 is 17.3 Å². The maximum Gasteiger partial charge on any atom is 0.293 e. The summed E-state index contributed by atoms with van der Waals surface area (Å²) in [5.41, 5.74) is 0.690. The van der Waals surface area contributed by atoms with E-state index in [1.807, 2.05) is 19.1 Å². The summed E-state index contributed by atoms with van der Waals surface area (Å²) in [5, 5.41) is 17.3. The number of nitro groups is 1. The van der Waals surface area contributed by atoms with Gasteiger partial charge >= 0.3 is 0 Å². The fourth-order valence-electron chi connectivity index (χ4n) is 2.59. The van der Waals surface area contributed by atoms with Gasteiger partial charge in [-0.3, -0.25) is 14.9 Å². The molecule has 0 spiro atoms. The lowest BCUT2D eigenvalue weighted by Gasteiger charge is -2.14. The summed E-state index contributed by atoms with van der Waals surface area (Å²) in [6, 6.07) is 8.52. The molecular weight excluding hydrogens is 322 g/mol. The van der Waals surface area contributed by atoms with Crippen LogP contribution in [0.5, 0.6) is 0 Å². The van der Waals surface area contributed by atoms with E-state index < -0.39 is 4.92 Å². The molecule has 1 aliphatic rings. The van der Waals surface area contributed by atoms with E-state index in [9.17, 15) is 14.9 Å². The van der Waals surface area contributed by atoms with Crippen molar-refractivity contribution in [3.05, 3.63) is 58.0 Å². The standard InChI is InChI=1S/C18H21N3O4/c1-12(4-8-15-3-2-10-25-15)19-18(22)13-5-9-16(20-14-6-7-14)17(11-13)21(23)24/h2-3,5,9-12,14,20H,4,6-8H2,1H3,(H,19,22)/t12-/m1/s1. The number of nitrogens with one attached hydrogen (secondary N) is 2. The maximum atomic E-state index is 12.4. The van der Waals surface area contributed by atoms with Gasteiger partial charge in [-0.15, -0.1) is 0 Å². The van der Waals surface area contributed by atoms with Crippen molar-refractivity contribution in [1.82, 2.24) is 5.32 Å². The van der Waals surface area contributed by atoms with Crippen LogP contribution in [-0.2, 0) is 6.42 Å². The third-order valence-corrected chi connectivity index (χ3v) is 4.17. The molecule has 0 bridgehead atoms. The van der Waals surface area contributed by atoms with Gasteiger partial charge in [-0.1, -0.05) is 0 Å². The first-order valence-corrected chi connectivity index (χ1v) is 8.41. The lowest BCUT2D eigenvalue weighted by molar-refractivity contribution is -0.384. The average molecular weight is 343 g/mol. The van der Waals surface area contributed by atoms with E-state index in [0.717, 1.165) is 31.4 Å². The Labute approximate surface area is 145 Å². The Morgan fingerprint density at radius 1 is 1.40 bits per heavy atom. The topological polar surface area (TPSA) is 97.4 Å². The average Bonchev–Trinajstić information content (AvgIpc) is 3.24. The Morgan fingerprint density at radius 3 is 2.84 bits per heavy atom. The molecule has 0 aliphatic heterocycles. The second-order valence-corrected chi connectivity index (χ2v) is 6.40. The molecule has 1 amide bonds. The van der Waals surface area contributed by atoms with Gasteiger partial charge in [0.1, 0.15) is 11.4 Å². The summed E-state index contributed by atoms with van der Waals surface area (Å²) in [7, 11) is 0. The molecule has 3 rings (SSSR count). The monoisotopic (exact) mass is 343 g/mol. The van der Waals surface area contributed by atoms with Crippen LogP contribution in [0.2, 0.25) is 0 Å². The van der Waals surface area contributed by atoms with Crippen molar-refractivity contribution < 1.29 is 14.1 Å². The van der Waals surface area contributed by atoms with Crippen LogP contribution in [0.4, 0.5) is 11.4 Å². The first-order chi connectivity index (χ1) is 12.0. The van der Waals surface area contributed by atoms with Crippen molar-refractivity contribution in [3.63, 3.8) is 0 Å². The highest BCUT2D eigenvalue weighted by Gasteiger charge is 2.25. The number of carbonyl (C=O) groups is 1. The van der Waals surface area contributed by atoms with E-state index in [2.05, 4.69) is 10.6 Å². The largest absolute Gasteiger partial charge is 0.469 e.